The lowest BCUT2D eigenvalue weighted by Crippen LogP contribution is -2.20. The zero-order chi connectivity index (χ0) is 43.4. The van der Waals surface area contributed by atoms with Crippen LogP contribution in [0.25, 0.3) is 22.7 Å². The van der Waals surface area contributed by atoms with Crippen LogP contribution in [0.5, 0.6) is 0 Å². The van der Waals surface area contributed by atoms with Gasteiger partial charge in [0, 0.05) is 35.4 Å². The smallest absolute Gasteiger partial charge is 0.384 e. The first kappa shape index (κ1) is 44.3. The summed E-state index contributed by atoms with van der Waals surface area (Å²) >= 11 is 0. The van der Waals surface area contributed by atoms with Crippen molar-refractivity contribution in [2.24, 2.45) is 0 Å². The van der Waals surface area contributed by atoms with Crippen molar-refractivity contribution in [1.29, 1.82) is 0 Å². The minimum atomic E-state index is -1.76. The fourth-order valence-corrected chi connectivity index (χ4v) is 10.8. The fourth-order valence-electron chi connectivity index (χ4n) is 9.41. The molecule has 6 aromatic rings. The number of rotatable bonds is 13. The van der Waals surface area contributed by atoms with E-state index in [0.29, 0.717) is 0 Å². The number of benzene rings is 6. The minimum absolute atomic E-state index is 0.743. The predicted molar refractivity (Wildman–Crippen MR) is 259 cm³/mol. The molecule has 4 heteroatoms. The molecule has 6 rings (SSSR count). The summed E-state index contributed by atoms with van der Waals surface area (Å²) in [6.45, 7) is 32.5. The molecule has 0 aliphatic heterocycles. The average molecular weight is 814 g/mol. The number of hydrogen-bond donors (Lipinski definition) is 0. The van der Waals surface area contributed by atoms with Crippen LogP contribution >= 0.6 is 8.53 Å². The van der Waals surface area contributed by atoms with E-state index in [1.54, 1.807) is 0 Å². The number of nitrogens with zero attached hydrogens (tertiary/aromatic N) is 1. The molecule has 0 aromatic heterocycles. The van der Waals surface area contributed by atoms with Gasteiger partial charge in [0.15, 0.2) is 0 Å². The minimum Gasteiger partial charge on any atom is -0.426 e. The van der Waals surface area contributed by atoms with E-state index in [1.165, 1.54) is 89.0 Å². The van der Waals surface area contributed by atoms with Crippen LogP contribution in [0.2, 0.25) is 0 Å². The Kier molecular flexibility index (Phi) is 14.1. The maximum absolute atomic E-state index is 7.78. The Morgan fingerprint density at radius 2 is 0.617 bits per heavy atom. The molecule has 0 saturated heterocycles. The lowest BCUT2D eigenvalue weighted by molar-refractivity contribution is 0.345. The van der Waals surface area contributed by atoms with Gasteiger partial charge in [-0.1, -0.05) is 145 Å². The molecule has 0 bridgehead atoms. The lowest BCUT2D eigenvalue weighted by Gasteiger charge is -2.33. The van der Waals surface area contributed by atoms with Gasteiger partial charge in [0.2, 0.25) is 0 Å². The molecule has 0 fully saturated rings. The van der Waals surface area contributed by atoms with Gasteiger partial charge in [-0.15, -0.1) is 0 Å². The molecule has 60 heavy (non-hydrogen) atoms. The molecular formula is C56H64NO2P. The Balaban J connectivity index is 1.76. The first-order valence-corrected chi connectivity index (χ1v) is 22.6. The molecular weight excluding hydrogens is 750 g/mol. The number of hydrogen-bond acceptors (Lipinski definition) is 3. The molecule has 3 nitrogen and oxygen atoms in total. The highest BCUT2D eigenvalue weighted by atomic mass is 31.2. The van der Waals surface area contributed by atoms with Gasteiger partial charge in [-0.3, -0.25) is 0 Å². The van der Waals surface area contributed by atoms with Crippen molar-refractivity contribution < 1.29 is 9.05 Å². The van der Waals surface area contributed by atoms with E-state index < -0.39 is 8.53 Å². The van der Waals surface area contributed by atoms with Gasteiger partial charge in [-0.2, -0.15) is 0 Å². The molecule has 0 unspecified atom stereocenters. The van der Waals surface area contributed by atoms with E-state index in [-0.39, 0.29) is 0 Å². The summed E-state index contributed by atoms with van der Waals surface area (Å²) in [6.07, 6.45) is 0. The van der Waals surface area contributed by atoms with E-state index in [2.05, 4.69) is 211 Å². The van der Waals surface area contributed by atoms with Crippen molar-refractivity contribution in [1.82, 2.24) is 4.67 Å². The zero-order valence-corrected chi connectivity index (χ0v) is 39.4. The fraction of sp³-hybridized carbons (Fsp3) is 0.286. The third kappa shape index (κ3) is 9.39. The largest absolute Gasteiger partial charge is 0.426 e. The molecule has 0 amide bonds. The van der Waals surface area contributed by atoms with Crippen LogP contribution in [-0.2, 0) is 9.05 Å². The molecule has 0 N–H and O–H groups in total. The second kappa shape index (κ2) is 19.0. The van der Waals surface area contributed by atoms with Crippen LogP contribution in [0, 0.1) is 83.1 Å². The third-order valence-electron chi connectivity index (χ3n) is 11.5. The monoisotopic (exact) mass is 813 g/mol. The van der Waals surface area contributed by atoms with Crippen LogP contribution in [0.4, 0.5) is 0 Å². The maximum atomic E-state index is 7.78. The van der Waals surface area contributed by atoms with Crippen LogP contribution in [0.1, 0.15) is 114 Å². The van der Waals surface area contributed by atoms with Crippen LogP contribution in [0.3, 0.4) is 0 Å². The highest BCUT2D eigenvalue weighted by molar-refractivity contribution is 7.45. The van der Waals surface area contributed by atoms with E-state index in [0.717, 1.165) is 46.9 Å². The summed E-state index contributed by atoms with van der Waals surface area (Å²) in [5, 5.41) is 0. The van der Waals surface area contributed by atoms with Crippen molar-refractivity contribution in [3.63, 3.8) is 0 Å². The average Bonchev–Trinajstić information content (AvgIpc) is 3.17. The Morgan fingerprint density at radius 1 is 0.383 bits per heavy atom. The van der Waals surface area contributed by atoms with Gasteiger partial charge >= 0.3 is 8.53 Å². The SMILES string of the molecule is CCN(CC)P(OC(=C(c1c(C)cc(C)cc1C)c1c(C)cc(C)cc1C)c1ccccc1)OC(=C(c1c(C)cc(C)cc1C)c1c(C)cc(C)cc1C)c1ccccc1. The molecule has 0 saturated carbocycles. The highest BCUT2D eigenvalue weighted by Gasteiger charge is 2.32. The lowest BCUT2D eigenvalue weighted by atomic mass is 9.83. The van der Waals surface area contributed by atoms with Crippen molar-refractivity contribution in [2.45, 2.75) is 96.9 Å². The summed E-state index contributed by atoms with van der Waals surface area (Å²) in [5.41, 5.74) is 23.7. The van der Waals surface area contributed by atoms with Crippen LogP contribution < -0.4 is 0 Å². The Hall–Kier alpha value is -5.21. The van der Waals surface area contributed by atoms with Gasteiger partial charge in [-0.05, 0) is 150 Å². The van der Waals surface area contributed by atoms with E-state index >= 15 is 0 Å². The van der Waals surface area contributed by atoms with E-state index in [4.69, 9.17) is 9.05 Å². The topological polar surface area (TPSA) is 21.7 Å². The first-order valence-electron chi connectivity index (χ1n) is 21.5. The molecule has 0 heterocycles. The molecule has 0 aliphatic rings. The van der Waals surface area contributed by atoms with Crippen molar-refractivity contribution in [2.75, 3.05) is 13.1 Å². The quantitative estimate of drug-likeness (QED) is 0.0659. The van der Waals surface area contributed by atoms with Gasteiger partial charge < -0.3 is 9.05 Å². The van der Waals surface area contributed by atoms with Crippen molar-refractivity contribution >= 4 is 31.2 Å². The molecule has 310 valence electrons. The van der Waals surface area contributed by atoms with Crippen LogP contribution in [0.15, 0.2) is 109 Å². The maximum Gasteiger partial charge on any atom is 0.384 e. The molecule has 0 atom stereocenters. The summed E-state index contributed by atoms with van der Waals surface area (Å²) in [6, 6.07) is 39.7. The zero-order valence-electron chi connectivity index (χ0n) is 38.5. The number of aryl methyl sites for hydroxylation is 12. The predicted octanol–water partition coefficient (Wildman–Crippen LogP) is 15.5. The van der Waals surface area contributed by atoms with Gasteiger partial charge in [0.1, 0.15) is 11.5 Å². The Morgan fingerprint density at radius 3 is 0.833 bits per heavy atom. The van der Waals surface area contributed by atoms with Gasteiger partial charge in [0.25, 0.3) is 0 Å². The second-order valence-corrected chi connectivity index (χ2v) is 18.2. The summed E-state index contributed by atoms with van der Waals surface area (Å²) in [5.74, 6) is 1.64. The van der Waals surface area contributed by atoms with Crippen molar-refractivity contribution in [3.05, 3.63) is 209 Å². The normalized spacial score (nSPS) is 11.3. The van der Waals surface area contributed by atoms with E-state index in [9.17, 15) is 0 Å². The van der Waals surface area contributed by atoms with Gasteiger partial charge in [0.05, 0.1) is 0 Å². The highest BCUT2D eigenvalue weighted by Crippen LogP contribution is 2.55. The van der Waals surface area contributed by atoms with Crippen molar-refractivity contribution in [3.8, 4) is 0 Å². The molecule has 0 radical (unpaired) electrons. The first-order chi connectivity index (χ1) is 28.6. The standard InChI is InChI=1S/C56H64NO2P/c1-15-57(16-2)60(58-55(47-23-19-17-20-24-47)53(49-39(7)27-35(3)28-40(49)8)50-41(9)29-36(4)30-42(50)10)59-56(48-25-21-18-22-26-48)54(51-43(11)31-37(5)32-44(51)12)52-45(13)33-38(6)34-46(52)14/h17-34H,15-16H2,1-14H3. The van der Waals surface area contributed by atoms with E-state index in [1.807, 2.05) is 0 Å². The Labute approximate surface area is 362 Å². The van der Waals surface area contributed by atoms with Crippen LogP contribution in [-0.4, -0.2) is 17.8 Å². The summed E-state index contributed by atoms with van der Waals surface area (Å²) in [4.78, 5) is 0. The van der Waals surface area contributed by atoms with Gasteiger partial charge in [-0.25, -0.2) is 4.67 Å². The summed E-state index contributed by atoms with van der Waals surface area (Å²) < 4.78 is 17.9. The second-order valence-electron chi connectivity index (χ2n) is 16.8. The molecule has 0 spiro atoms. The molecule has 0 aliphatic carbocycles. The Bertz CT molecular complexity index is 2190. The molecule has 6 aromatic carbocycles. The third-order valence-corrected chi connectivity index (χ3v) is 13.2. The summed E-state index contributed by atoms with van der Waals surface area (Å²) in [7, 11) is -1.76.